The van der Waals surface area contributed by atoms with E-state index in [0.29, 0.717) is 0 Å². The molecule has 130 valence electrons. The van der Waals surface area contributed by atoms with Crippen LogP contribution in [0.3, 0.4) is 0 Å². The minimum atomic E-state index is 0.204. The summed E-state index contributed by atoms with van der Waals surface area (Å²) in [5.41, 5.74) is 5.13. The van der Waals surface area contributed by atoms with Crippen molar-refractivity contribution in [1.82, 2.24) is 19.3 Å². The van der Waals surface area contributed by atoms with Crippen LogP contribution in [0.1, 0.15) is 18.3 Å². The molecule has 4 heterocycles. The average Bonchev–Trinajstić information content (AvgIpc) is 3.29. The molecule has 0 amide bonds. The van der Waals surface area contributed by atoms with Crippen molar-refractivity contribution < 1.29 is 0 Å². The number of aromatic nitrogens is 3. The van der Waals surface area contributed by atoms with E-state index in [9.17, 15) is 0 Å². The zero-order valence-corrected chi connectivity index (χ0v) is 15.7. The second kappa shape index (κ2) is 5.64. The summed E-state index contributed by atoms with van der Waals surface area (Å²) in [6.07, 6.45) is 8.78. The molecule has 0 bridgehead atoms. The van der Waals surface area contributed by atoms with Crippen molar-refractivity contribution >= 4 is 27.7 Å². The van der Waals surface area contributed by atoms with Gasteiger partial charge in [0, 0.05) is 24.3 Å². The summed E-state index contributed by atoms with van der Waals surface area (Å²) in [5.74, 6) is 1.08. The molecule has 0 saturated heterocycles. The predicted molar refractivity (Wildman–Crippen MR) is 107 cm³/mol. The highest BCUT2D eigenvalue weighted by Crippen LogP contribution is 2.35. The quantitative estimate of drug-likeness (QED) is 0.697. The van der Waals surface area contributed by atoms with Crippen LogP contribution in [0, 0.1) is 6.92 Å². The zero-order valence-electron chi connectivity index (χ0n) is 14.9. The SMILES string of the molecule is CC1=NC2C=CC(c3c(-c4cccc(C)n4)nc4sccn34)=CC2N1C. The van der Waals surface area contributed by atoms with Crippen LogP contribution >= 0.6 is 11.3 Å². The van der Waals surface area contributed by atoms with E-state index in [1.54, 1.807) is 11.3 Å². The van der Waals surface area contributed by atoms with Gasteiger partial charge in [-0.1, -0.05) is 24.3 Å². The third kappa shape index (κ3) is 2.25. The summed E-state index contributed by atoms with van der Waals surface area (Å²) in [6, 6.07) is 6.55. The molecule has 1 aliphatic carbocycles. The van der Waals surface area contributed by atoms with Gasteiger partial charge in [-0.25, -0.2) is 4.98 Å². The van der Waals surface area contributed by atoms with Gasteiger partial charge in [-0.15, -0.1) is 11.3 Å². The fraction of sp³-hybridized carbons (Fsp3) is 0.250. The Kier molecular flexibility index (Phi) is 3.37. The standard InChI is InChI=1S/C20H19N5S/c1-12-5-4-6-16(21-12)18-19(25-9-10-26-20(25)23-18)14-7-8-15-17(11-14)24(3)13(2)22-15/h4-11,15,17H,1-3H3. The lowest BCUT2D eigenvalue weighted by molar-refractivity contribution is 0.436. The number of allylic oxidation sites excluding steroid dienone is 2. The Balaban J connectivity index is 1.69. The topological polar surface area (TPSA) is 45.8 Å². The van der Waals surface area contributed by atoms with Crippen molar-refractivity contribution in [3.8, 4) is 11.4 Å². The summed E-state index contributed by atoms with van der Waals surface area (Å²) >= 11 is 1.65. The largest absolute Gasteiger partial charge is 0.355 e. The molecule has 0 spiro atoms. The van der Waals surface area contributed by atoms with Gasteiger partial charge < -0.3 is 4.90 Å². The maximum absolute atomic E-state index is 4.88. The third-order valence-electron chi connectivity index (χ3n) is 5.13. The van der Waals surface area contributed by atoms with Gasteiger partial charge in [0.2, 0.25) is 0 Å². The van der Waals surface area contributed by atoms with E-state index in [-0.39, 0.29) is 12.1 Å². The second-order valence-electron chi connectivity index (χ2n) is 6.78. The highest BCUT2D eigenvalue weighted by molar-refractivity contribution is 7.15. The molecular weight excluding hydrogens is 342 g/mol. The van der Waals surface area contributed by atoms with E-state index < -0.39 is 0 Å². The van der Waals surface area contributed by atoms with Crippen LogP contribution in [0.4, 0.5) is 0 Å². The Labute approximate surface area is 156 Å². The number of thiazole rings is 1. The van der Waals surface area contributed by atoms with Crippen LogP contribution in [0.5, 0.6) is 0 Å². The fourth-order valence-electron chi connectivity index (χ4n) is 3.71. The third-order valence-corrected chi connectivity index (χ3v) is 5.89. The van der Waals surface area contributed by atoms with Gasteiger partial charge in [0.05, 0.1) is 29.3 Å². The van der Waals surface area contributed by atoms with Gasteiger partial charge in [0.25, 0.3) is 0 Å². The van der Waals surface area contributed by atoms with Gasteiger partial charge in [0.15, 0.2) is 4.96 Å². The molecule has 5 rings (SSSR count). The first-order valence-corrected chi connectivity index (χ1v) is 9.57. The minimum absolute atomic E-state index is 0.204. The second-order valence-corrected chi connectivity index (χ2v) is 7.65. The molecule has 0 saturated carbocycles. The Morgan fingerprint density at radius 1 is 1.15 bits per heavy atom. The first-order valence-electron chi connectivity index (χ1n) is 8.69. The molecule has 26 heavy (non-hydrogen) atoms. The molecule has 3 aromatic heterocycles. The van der Waals surface area contributed by atoms with Gasteiger partial charge in [-0.3, -0.25) is 14.4 Å². The summed E-state index contributed by atoms with van der Waals surface area (Å²) in [7, 11) is 2.11. The molecule has 0 aromatic carbocycles. The van der Waals surface area contributed by atoms with Gasteiger partial charge in [-0.05, 0) is 31.6 Å². The summed E-state index contributed by atoms with van der Waals surface area (Å²) in [5, 5.41) is 2.07. The summed E-state index contributed by atoms with van der Waals surface area (Å²) < 4.78 is 2.17. The normalized spacial score (nSPS) is 21.9. The molecule has 1 aliphatic heterocycles. The van der Waals surface area contributed by atoms with Crippen molar-refractivity contribution in [3.05, 3.63) is 59.4 Å². The van der Waals surface area contributed by atoms with E-state index in [1.165, 1.54) is 5.57 Å². The number of hydrogen-bond acceptors (Lipinski definition) is 5. The Bertz CT molecular complexity index is 1100. The number of pyridine rings is 1. The minimum Gasteiger partial charge on any atom is -0.355 e. The van der Waals surface area contributed by atoms with Gasteiger partial charge >= 0.3 is 0 Å². The first-order chi connectivity index (χ1) is 12.6. The van der Waals surface area contributed by atoms with Crippen molar-refractivity contribution in [1.29, 1.82) is 0 Å². The van der Waals surface area contributed by atoms with E-state index in [4.69, 9.17) is 15.0 Å². The maximum Gasteiger partial charge on any atom is 0.194 e. The molecule has 0 fully saturated rings. The smallest absolute Gasteiger partial charge is 0.194 e. The number of likely N-dealkylation sites (N-methyl/N-ethyl adjacent to an activating group) is 1. The number of aliphatic imine (C=N–C) groups is 1. The lowest BCUT2D eigenvalue weighted by atomic mass is 9.95. The number of imidazole rings is 1. The molecular formula is C20H19N5S. The number of nitrogens with zero attached hydrogens (tertiary/aromatic N) is 5. The van der Waals surface area contributed by atoms with E-state index in [2.05, 4.69) is 53.1 Å². The summed E-state index contributed by atoms with van der Waals surface area (Å²) in [6.45, 7) is 4.08. The zero-order chi connectivity index (χ0) is 17.8. The van der Waals surface area contributed by atoms with E-state index in [1.807, 2.05) is 25.1 Å². The Morgan fingerprint density at radius 2 is 2.04 bits per heavy atom. The van der Waals surface area contributed by atoms with Crippen molar-refractivity contribution in [2.24, 2.45) is 4.99 Å². The number of rotatable bonds is 2. The van der Waals surface area contributed by atoms with Crippen LogP contribution in [-0.2, 0) is 0 Å². The lowest BCUT2D eigenvalue weighted by Crippen LogP contribution is -2.34. The Hall–Kier alpha value is -2.73. The highest BCUT2D eigenvalue weighted by atomic mass is 32.1. The van der Waals surface area contributed by atoms with Crippen molar-refractivity contribution in [2.75, 3.05) is 7.05 Å². The molecule has 5 nitrogen and oxygen atoms in total. The number of amidine groups is 1. The molecule has 0 radical (unpaired) electrons. The molecule has 6 heteroatoms. The molecule has 2 unspecified atom stereocenters. The van der Waals surface area contributed by atoms with Crippen LogP contribution in [0.15, 0.2) is 53.0 Å². The number of aryl methyl sites for hydroxylation is 1. The predicted octanol–water partition coefficient (Wildman–Crippen LogP) is 3.82. The highest BCUT2D eigenvalue weighted by Gasteiger charge is 2.32. The maximum atomic E-state index is 4.88. The van der Waals surface area contributed by atoms with Crippen LogP contribution in [-0.4, -0.2) is 44.2 Å². The van der Waals surface area contributed by atoms with Crippen molar-refractivity contribution in [2.45, 2.75) is 25.9 Å². The van der Waals surface area contributed by atoms with Gasteiger partial charge in [-0.2, -0.15) is 0 Å². The fourth-order valence-corrected chi connectivity index (χ4v) is 4.42. The molecule has 2 atom stereocenters. The van der Waals surface area contributed by atoms with E-state index in [0.717, 1.165) is 33.6 Å². The van der Waals surface area contributed by atoms with Gasteiger partial charge in [0.1, 0.15) is 5.69 Å². The first kappa shape index (κ1) is 15.5. The molecule has 0 N–H and O–H groups in total. The van der Waals surface area contributed by atoms with Crippen molar-refractivity contribution in [3.63, 3.8) is 0 Å². The van der Waals surface area contributed by atoms with Crippen LogP contribution in [0.2, 0.25) is 0 Å². The van der Waals surface area contributed by atoms with E-state index >= 15 is 0 Å². The monoisotopic (exact) mass is 361 g/mol. The molecule has 2 aliphatic rings. The number of hydrogen-bond donors (Lipinski definition) is 0. The lowest BCUT2D eigenvalue weighted by Gasteiger charge is -2.25. The summed E-state index contributed by atoms with van der Waals surface area (Å²) in [4.78, 5) is 17.6. The Morgan fingerprint density at radius 3 is 2.88 bits per heavy atom. The molecule has 3 aromatic rings. The van der Waals surface area contributed by atoms with Crippen LogP contribution < -0.4 is 0 Å². The average molecular weight is 361 g/mol. The number of fused-ring (bicyclic) bond motifs is 2. The van der Waals surface area contributed by atoms with Crippen LogP contribution in [0.25, 0.3) is 21.9 Å².